The van der Waals surface area contributed by atoms with Crippen LogP contribution >= 0.6 is 11.6 Å². The van der Waals surface area contributed by atoms with Crippen LogP contribution in [0.1, 0.15) is 40.4 Å². The first kappa shape index (κ1) is 23.1. The van der Waals surface area contributed by atoms with Crippen LogP contribution in [-0.4, -0.2) is 49.5 Å². The van der Waals surface area contributed by atoms with Gasteiger partial charge >= 0.3 is 0 Å². The number of rotatable bonds is 8. The van der Waals surface area contributed by atoms with Gasteiger partial charge in [-0.05, 0) is 56.1 Å². The third-order valence-electron chi connectivity index (χ3n) is 6.03. The summed E-state index contributed by atoms with van der Waals surface area (Å²) in [6.45, 7) is 2.30. The number of carbonyl (C=O) groups is 1. The number of methoxy groups -OCH3 is 2. The highest BCUT2D eigenvalue weighted by atomic mass is 35.5. The first-order valence-electron chi connectivity index (χ1n) is 11.1. The number of aromatic nitrogens is 2. The second-order valence-electron chi connectivity index (χ2n) is 8.01. The van der Waals surface area contributed by atoms with Gasteiger partial charge < -0.3 is 20.1 Å². The van der Waals surface area contributed by atoms with Crippen molar-refractivity contribution in [2.24, 2.45) is 0 Å². The van der Waals surface area contributed by atoms with E-state index in [0.717, 1.165) is 54.4 Å². The van der Waals surface area contributed by atoms with E-state index in [1.165, 1.54) is 0 Å². The molecule has 3 aromatic rings. The molecule has 2 aromatic carbocycles. The molecule has 1 aromatic heterocycles. The Labute approximate surface area is 199 Å². The van der Waals surface area contributed by atoms with Crippen molar-refractivity contribution in [1.82, 2.24) is 20.4 Å². The lowest BCUT2D eigenvalue weighted by Crippen LogP contribution is -2.31. The Hall–Kier alpha value is -3.03. The second-order valence-corrected chi connectivity index (χ2v) is 8.42. The average Bonchev–Trinajstić information content (AvgIpc) is 3.30. The molecule has 0 radical (unpaired) electrons. The van der Waals surface area contributed by atoms with Crippen molar-refractivity contribution < 1.29 is 14.3 Å². The maximum atomic E-state index is 13.2. The monoisotopic (exact) mass is 468 g/mol. The third kappa shape index (κ3) is 5.15. The molecule has 174 valence electrons. The Morgan fingerprint density at radius 1 is 1.18 bits per heavy atom. The van der Waals surface area contributed by atoms with E-state index in [1.807, 2.05) is 47.1 Å². The lowest BCUT2D eigenvalue weighted by Gasteiger charge is -2.25. The predicted octanol–water partition coefficient (Wildman–Crippen LogP) is 3.98. The van der Waals surface area contributed by atoms with Crippen LogP contribution in [0.25, 0.3) is 5.69 Å². The molecule has 1 saturated heterocycles. The largest absolute Gasteiger partial charge is 0.497 e. The molecule has 4 rings (SSSR count). The standard InChI is InChI=1S/C25H29ClN4O3/c1-32-19-8-7-17(23(15-19)33-2)11-14-28-25(31)20-16-29-30(22-6-4-3-5-21(22)26)24(20)18-9-12-27-13-10-18/h3-8,15-16,18,27H,9-14H2,1-2H3,(H,28,31). The van der Waals surface area contributed by atoms with Gasteiger partial charge in [-0.2, -0.15) is 5.10 Å². The summed E-state index contributed by atoms with van der Waals surface area (Å²) < 4.78 is 12.6. The Balaban J connectivity index is 1.54. The molecule has 2 N–H and O–H groups in total. The number of carbonyl (C=O) groups excluding carboxylic acids is 1. The fourth-order valence-electron chi connectivity index (χ4n) is 4.30. The molecule has 1 amide bonds. The number of nitrogens with zero attached hydrogens (tertiary/aromatic N) is 2. The van der Waals surface area contributed by atoms with Gasteiger partial charge in [0.05, 0.1) is 42.4 Å². The Morgan fingerprint density at radius 3 is 2.70 bits per heavy atom. The highest BCUT2D eigenvalue weighted by molar-refractivity contribution is 6.32. The summed E-state index contributed by atoms with van der Waals surface area (Å²) in [4.78, 5) is 13.2. The molecule has 1 aliphatic rings. The minimum atomic E-state index is -0.130. The van der Waals surface area contributed by atoms with E-state index < -0.39 is 0 Å². The van der Waals surface area contributed by atoms with Crippen LogP contribution in [0.15, 0.2) is 48.7 Å². The molecule has 33 heavy (non-hydrogen) atoms. The Morgan fingerprint density at radius 2 is 1.97 bits per heavy atom. The summed E-state index contributed by atoms with van der Waals surface area (Å²) in [5, 5.41) is 11.6. The van der Waals surface area contributed by atoms with Gasteiger partial charge in [0.1, 0.15) is 11.5 Å². The van der Waals surface area contributed by atoms with Gasteiger partial charge in [-0.3, -0.25) is 4.79 Å². The maximum absolute atomic E-state index is 13.2. The summed E-state index contributed by atoms with van der Waals surface area (Å²) >= 11 is 6.47. The molecule has 2 heterocycles. The van der Waals surface area contributed by atoms with Crippen molar-refractivity contribution in [1.29, 1.82) is 0 Å². The highest BCUT2D eigenvalue weighted by Crippen LogP contribution is 2.32. The molecule has 0 bridgehead atoms. The first-order chi connectivity index (χ1) is 16.1. The van der Waals surface area contributed by atoms with Crippen LogP contribution in [0.4, 0.5) is 0 Å². The van der Waals surface area contributed by atoms with Crippen LogP contribution in [0.3, 0.4) is 0 Å². The van der Waals surface area contributed by atoms with Gasteiger partial charge in [-0.25, -0.2) is 4.68 Å². The van der Waals surface area contributed by atoms with Crippen LogP contribution in [0, 0.1) is 0 Å². The van der Waals surface area contributed by atoms with E-state index in [4.69, 9.17) is 21.1 Å². The van der Waals surface area contributed by atoms with E-state index in [1.54, 1.807) is 20.4 Å². The van der Waals surface area contributed by atoms with Crippen LogP contribution in [-0.2, 0) is 6.42 Å². The van der Waals surface area contributed by atoms with E-state index in [0.29, 0.717) is 23.6 Å². The molecule has 0 saturated carbocycles. The lowest BCUT2D eigenvalue weighted by molar-refractivity contribution is 0.0952. The topological polar surface area (TPSA) is 77.4 Å². The SMILES string of the molecule is COc1ccc(CCNC(=O)c2cnn(-c3ccccc3Cl)c2C2CCNCC2)c(OC)c1. The minimum Gasteiger partial charge on any atom is -0.497 e. The van der Waals surface area contributed by atoms with Crippen LogP contribution < -0.4 is 20.1 Å². The van der Waals surface area contributed by atoms with Crippen molar-refractivity contribution in [3.63, 3.8) is 0 Å². The van der Waals surface area contributed by atoms with E-state index in [2.05, 4.69) is 15.7 Å². The number of amides is 1. The van der Waals surface area contributed by atoms with Gasteiger partial charge in [-0.1, -0.05) is 29.8 Å². The van der Waals surface area contributed by atoms with Crippen molar-refractivity contribution in [3.8, 4) is 17.2 Å². The third-order valence-corrected chi connectivity index (χ3v) is 6.35. The van der Waals surface area contributed by atoms with Crippen molar-refractivity contribution in [2.75, 3.05) is 33.9 Å². The number of hydrogen-bond acceptors (Lipinski definition) is 5. The Kier molecular flexibility index (Phi) is 7.52. The van der Waals surface area contributed by atoms with Crippen LogP contribution in [0.5, 0.6) is 11.5 Å². The molecule has 0 aliphatic carbocycles. The zero-order valence-corrected chi connectivity index (χ0v) is 19.7. The smallest absolute Gasteiger partial charge is 0.254 e. The number of benzene rings is 2. The summed E-state index contributed by atoms with van der Waals surface area (Å²) in [5.41, 5.74) is 3.31. The zero-order chi connectivity index (χ0) is 23.2. The van der Waals surface area contributed by atoms with Crippen molar-refractivity contribution >= 4 is 17.5 Å². The van der Waals surface area contributed by atoms with Gasteiger partial charge in [0, 0.05) is 18.5 Å². The van der Waals surface area contributed by atoms with Gasteiger partial charge in [0.25, 0.3) is 5.91 Å². The van der Waals surface area contributed by atoms with Gasteiger partial charge in [-0.15, -0.1) is 0 Å². The maximum Gasteiger partial charge on any atom is 0.254 e. The van der Waals surface area contributed by atoms with Gasteiger partial charge in [0.15, 0.2) is 0 Å². The number of nitrogens with one attached hydrogen (secondary N) is 2. The Bertz CT molecular complexity index is 1110. The fraction of sp³-hybridized carbons (Fsp3) is 0.360. The quantitative estimate of drug-likeness (QED) is 0.523. The number of ether oxygens (including phenoxy) is 2. The predicted molar refractivity (Wildman–Crippen MR) is 129 cm³/mol. The van der Waals surface area contributed by atoms with Gasteiger partial charge in [0.2, 0.25) is 0 Å². The molecule has 0 atom stereocenters. The molecule has 1 aliphatic heterocycles. The van der Waals surface area contributed by atoms with Crippen LogP contribution in [0.2, 0.25) is 5.02 Å². The average molecular weight is 469 g/mol. The molecule has 0 spiro atoms. The molecule has 8 heteroatoms. The number of para-hydroxylation sites is 1. The number of hydrogen-bond donors (Lipinski definition) is 2. The molecule has 1 fully saturated rings. The number of piperidine rings is 1. The van der Waals surface area contributed by atoms with E-state index >= 15 is 0 Å². The van der Waals surface area contributed by atoms with Crippen molar-refractivity contribution in [2.45, 2.75) is 25.2 Å². The summed E-state index contributed by atoms with van der Waals surface area (Å²) in [6.07, 6.45) is 4.18. The number of halogens is 1. The summed E-state index contributed by atoms with van der Waals surface area (Å²) in [5.74, 6) is 1.57. The molecule has 7 nitrogen and oxygen atoms in total. The molecular weight excluding hydrogens is 440 g/mol. The minimum absolute atomic E-state index is 0.130. The van der Waals surface area contributed by atoms with Crippen molar-refractivity contribution in [3.05, 3.63) is 70.5 Å². The lowest BCUT2D eigenvalue weighted by atomic mass is 9.91. The summed E-state index contributed by atoms with van der Waals surface area (Å²) in [7, 11) is 3.25. The molecule has 0 unspecified atom stereocenters. The zero-order valence-electron chi connectivity index (χ0n) is 18.9. The first-order valence-corrected chi connectivity index (χ1v) is 11.5. The van der Waals surface area contributed by atoms with E-state index in [9.17, 15) is 4.79 Å². The fourth-order valence-corrected chi connectivity index (χ4v) is 4.52. The highest BCUT2D eigenvalue weighted by Gasteiger charge is 2.27. The molecular formula is C25H29ClN4O3. The normalized spacial score (nSPS) is 14.2. The summed E-state index contributed by atoms with van der Waals surface area (Å²) in [6, 6.07) is 13.3. The second kappa shape index (κ2) is 10.7. The van der Waals surface area contributed by atoms with E-state index in [-0.39, 0.29) is 11.8 Å².